The minimum atomic E-state index is -0.112. The topological polar surface area (TPSA) is 80.5 Å². The minimum absolute atomic E-state index is 0.112. The van der Waals surface area contributed by atoms with Gasteiger partial charge in [0, 0.05) is 12.6 Å². The number of rotatable bonds is 6. The van der Waals surface area contributed by atoms with Crippen molar-refractivity contribution in [2.75, 3.05) is 26.0 Å². The highest BCUT2D eigenvalue weighted by molar-refractivity contribution is 5.92. The van der Waals surface area contributed by atoms with E-state index in [0.29, 0.717) is 18.3 Å². The van der Waals surface area contributed by atoms with Gasteiger partial charge >= 0.3 is 0 Å². The van der Waals surface area contributed by atoms with Crippen molar-refractivity contribution in [2.45, 2.75) is 13.5 Å². The highest BCUT2D eigenvalue weighted by atomic mass is 16.5. The van der Waals surface area contributed by atoms with E-state index in [1.165, 1.54) is 0 Å². The number of aromatic nitrogens is 2. The van der Waals surface area contributed by atoms with Gasteiger partial charge in [0.15, 0.2) is 0 Å². The number of nitrogens with zero attached hydrogens (tertiary/aromatic N) is 3. The number of hydrogen-bond donors (Lipinski definition) is 1. The minimum Gasteiger partial charge on any atom is -0.497 e. The Labute approximate surface area is 122 Å². The summed E-state index contributed by atoms with van der Waals surface area (Å²) in [6, 6.07) is 7.16. The van der Waals surface area contributed by atoms with Gasteiger partial charge in [0.25, 0.3) is 0 Å². The molecule has 112 valence electrons. The van der Waals surface area contributed by atoms with E-state index in [9.17, 15) is 4.79 Å². The van der Waals surface area contributed by atoms with Crippen LogP contribution < -0.4 is 10.1 Å². The lowest BCUT2D eigenvalue weighted by Gasteiger charge is -2.14. The van der Waals surface area contributed by atoms with Crippen LogP contribution in [0.4, 0.5) is 5.69 Å². The molecule has 0 unspecified atom stereocenters. The summed E-state index contributed by atoms with van der Waals surface area (Å²) in [7, 11) is 3.41. The van der Waals surface area contributed by atoms with Gasteiger partial charge in [-0.1, -0.05) is 0 Å². The summed E-state index contributed by atoms with van der Waals surface area (Å²) in [5, 5.41) is 10.5. The van der Waals surface area contributed by atoms with Crippen LogP contribution in [-0.4, -0.2) is 41.7 Å². The molecule has 7 heteroatoms. The SMILES string of the molecule is COc1ccc(NC(=O)CN(C)Cc2nnc(C)o2)cc1. The maximum absolute atomic E-state index is 11.9. The first kappa shape index (κ1) is 15.0. The smallest absolute Gasteiger partial charge is 0.238 e. The van der Waals surface area contributed by atoms with Crippen molar-refractivity contribution in [3.8, 4) is 5.75 Å². The molecule has 0 saturated heterocycles. The normalized spacial score (nSPS) is 10.7. The molecule has 0 atom stereocenters. The fourth-order valence-electron chi connectivity index (χ4n) is 1.81. The summed E-state index contributed by atoms with van der Waals surface area (Å²) in [4.78, 5) is 13.7. The molecule has 1 aromatic carbocycles. The lowest BCUT2D eigenvalue weighted by molar-refractivity contribution is -0.117. The Balaban J connectivity index is 1.82. The van der Waals surface area contributed by atoms with Crippen molar-refractivity contribution in [1.29, 1.82) is 0 Å². The van der Waals surface area contributed by atoms with Gasteiger partial charge in [-0.15, -0.1) is 10.2 Å². The molecular formula is C14H18N4O3. The van der Waals surface area contributed by atoms with Gasteiger partial charge in [-0.25, -0.2) is 0 Å². The molecule has 1 aromatic heterocycles. The van der Waals surface area contributed by atoms with Crippen molar-refractivity contribution in [2.24, 2.45) is 0 Å². The highest BCUT2D eigenvalue weighted by Gasteiger charge is 2.11. The average Bonchev–Trinajstić information content (AvgIpc) is 2.84. The van der Waals surface area contributed by atoms with Crippen LogP contribution in [0.15, 0.2) is 28.7 Å². The number of aryl methyl sites for hydroxylation is 1. The van der Waals surface area contributed by atoms with Crippen LogP contribution in [0.25, 0.3) is 0 Å². The van der Waals surface area contributed by atoms with Gasteiger partial charge in [-0.2, -0.15) is 0 Å². The molecule has 1 N–H and O–H groups in total. The van der Waals surface area contributed by atoms with Crippen LogP contribution in [0, 0.1) is 6.92 Å². The molecule has 0 bridgehead atoms. The van der Waals surface area contributed by atoms with Gasteiger partial charge in [0.2, 0.25) is 17.7 Å². The summed E-state index contributed by atoms with van der Waals surface area (Å²) >= 11 is 0. The first-order valence-corrected chi connectivity index (χ1v) is 6.48. The number of ether oxygens (including phenoxy) is 1. The quantitative estimate of drug-likeness (QED) is 0.867. The molecule has 0 fully saturated rings. The third-order valence-electron chi connectivity index (χ3n) is 2.76. The molecule has 2 aromatic rings. The molecule has 1 amide bonds. The fraction of sp³-hybridized carbons (Fsp3) is 0.357. The predicted octanol–water partition coefficient (Wildman–Crippen LogP) is 1.46. The molecular weight excluding hydrogens is 272 g/mol. The highest BCUT2D eigenvalue weighted by Crippen LogP contribution is 2.14. The van der Waals surface area contributed by atoms with Gasteiger partial charge in [0.1, 0.15) is 5.75 Å². The summed E-state index contributed by atoms with van der Waals surface area (Å²) in [6.07, 6.45) is 0. The van der Waals surface area contributed by atoms with E-state index < -0.39 is 0 Å². The zero-order valence-corrected chi connectivity index (χ0v) is 12.3. The van der Waals surface area contributed by atoms with Gasteiger partial charge in [-0.3, -0.25) is 9.69 Å². The Morgan fingerprint density at radius 3 is 2.62 bits per heavy atom. The average molecular weight is 290 g/mol. The molecule has 0 aliphatic heterocycles. The molecule has 0 saturated carbocycles. The van der Waals surface area contributed by atoms with Crippen molar-refractivity contribution < 1.29 is 13.9 Å². The number of carbonyl (C=O) groups excluding carboxylic acids is 1. The van der Waals surface area contributed by atoms with Crippen molar-refractivity contribution in [1.82, 2.24) is 15.1 Å². The number of hydrogen-bond acceptors (Lipinski definition) is 6. The van der Waals surface area contributed by atoms with Crippen LogP contribution in [0.1, 0.15) is 11.8 Å². The van der Waals surface area contributed by atoms with E-state index in [1.54, 1.807) is 43.2 Å². The standard InChI is InChI=1S/C14H18N4O3/c1-10-16-17-14(21-10)9-18(2)8-13(19)15-11-4-6-12(20-3)7-5-11/h4-7H,8-9H2,1-3H3,(H,15,19). The molecule has 0 aliphatic rings. The number of likely N-dealkylation sites (N-methyl/N-ethyl adjacent to an activating group) is 1. The van der Waals surface area contributed by atoms with E-state index in [2.05, 4.69) is 15.5 Å². The summed E-state index contributed by atoms with van der Waals surface area (Å²) in [5.41, 5.74) is 0.725. The van der Waals surface area contributed by atoms with Crippen molar-refractivity contribution >= 4 is 11.6 Å². The molecule has 7 nitrogen and oxygen atoms in total. The van der Waals surface area contributed by atoms with Crippen LogP contribution in [0.2, 0.25) is 0 Å². The first-order chi connectivity index (χ1) is 10.1. The molecule has 0 radical (unpaired) electrons. The maximum Gasteiger partial charge on any atom is 0.238 e. The Hall–Kier alpha value is -2.41. The van der Waals surface area contributed by atoms with E-state index >= 15 is 0 Å². The number of benzene rings is 1. The lowest BCUT2D eigenvalue weighted by atomic mass is 10.3. The van der Waals surface area contributed by atoms with E-state index in [4.69, 9.17) is 9.15 Å². The maximum atomic E-state index is 11.9. The number of methoxy groups -OCH3 is 1. The largest absolute Gasteiger partial charge is 0.497 e. The second-order valence-corrected chi connectivity index (χ2v) is 4.66. The number of amides is 1. The van der Waals surface area contributed by atoms with Crippen LogP contribution >= 0.6 is 0 Å². The molecule has 0 spiro atoms. The fourth-order valence-corrected chi connectivity index (χ4v) is 1.81. The summed E-state index contributed by atoms with van der Waals surface area (Å²) < 4.78 is 10.3. The zero-order chi connectivity index (χ0) is 15.2. The third-order valence-corrected chi connectivity index (χ3v) is 2.76. The van der Waals surface area contributed by atoms with E-state index in [0.717, 1.165) is 11.4 Å². The Kier molecular flexibility index (Phi) is 4.89. The Bertz CT molecular complexity index is 595. The van der Waals surface area contributed by atoms with E-state index in [1.807, 2.05) is 7.05 Å². The molecule has 2 rings (SSSR count). The number of carbonyl (C=O) groups is 1. The van der Waals surface area contributed by atoms with Crippen LogP contribution in [0.5, 0.6) is 5.75 Å². The predicted molar refractivity (Wildman–Crippen MR) is 77.0 cm³/mol. The van der Waals surface area contributed by atoms with Crippen LogP contribution in [0.3, 0.4) is 0 Å². The molecule has 0 aliphatic carbocycles. The Morgan fingerprint density at radius 2 is 2.05 bits per heavy atom. The first-order valence-electron chi connectivity index (χ1n) is 6.48. The van der Waals surface area contributed by atoms with Crippen LogP contribution in [-0.2, 0) is 11.3 Å². The van der Waals surface area contributed by atoms with Gasteiger partial charge < -0.3 is 14.5 Å². The zero-order valence-electron chi connectivity index (χ0n) is 12.3. The number of nitrogens with one attached hydrogen (secondary N) is 1. The summed E-state index contributed by atoms with van der Waals surface area (Å²) in [5.74, 6) is 1.64. The van der Waals surface area contributed by atoms with Crippen molar-refractivity contribution in [3.05, 3.63) is 36.0 Å². The summed E-state index contributed by atoms with van der Waals surface area (Å²) in [6.45, 7) is 2.39. The molecule has 1 heterocycles. The van der Waals surface area contributed by atoms with Gasteiger partial charge in [0.05, 0.1) is 20.2 Å². The van der Waals surface area contributed by atoms with Gasteiger partial charge in [-0.05, 0) is 31.3 Å². The Morgan fingerprint density at radius 1 is 1.33 bits per heavy atom. The number of anilines is 1. The monoisotopic (exact) mass is 290 g/mol. The molecule has 21 heavy (non-hydrogen) atoms. The second-order valence-electron chi connectivity index (χ2n) is 4.66. The van der Waals surface area contributed by atoms with E-state index in [-0.39, 0.29) is 12.5 Å². The second kappa shape index (κ2) is 6.85. The third kappa shape index (κ3) is 4.57. The lowest BCUT2D eigenvalue weighted by Crippen LogP contribution is -2.29. The van der Waals surface area contributed by atoms with Crippen molar-refractivity contribution in [3.63, 3.8) is 0 Å².